The number of fused-ring (bicyclic) bond motifs is 5. The number of aryl methyl sites for hydroxylation is 1. The van der Waals surface area contributed by atoms with E-state index in [1.807, 2.05) is 6.92 Å². The third-order valence-corrected chi connectivity index (χ3v) is 8.81. The zero-order valence-electron chi connectivity index (χ0n) is 22.4. The van der Waals surface area contributed by atoms with E-state index in [2.05, 4.69) is 0 Å². The van der Waals surface area contributed by atoms with Crippen molar-refractivity contribution in [2.75, 3.05) is 4.90 Å². The zero-order valence-corrected chi connectivity index (χ0v) is 22.4. The van der Waals surface area contributed by atoms with Crippen molar-refractivity contribution in [3.8, 4) is 0 Å². The molecule has 0 radical (unpaired) electrons. The molecule has 1 saturated heterocycles. The smallest absolute Gasteiger partial charge is 0.269 e. The fourth-order valence-corrected chi connectivity index (χ4v) is 7.04. The number of nitrogens with zero attached hydrogens (tertiary/aromatic N) is 2. The Labute approximate surface area is 240 Å². The standard InChI is InChI=1S/C34H23FN2O5/c1-19-9-11-20(12-10-19)31(38)30-29(22-5-4-6-24(18-22)37(41)42)34(32(39)25-7-2-3-8-26(25)33(34)40)28-16-13-21-17-23(35)14-15-27(21)36(28)30/h2-18,28-30H,1H3/t28?,29-,30+/m1/s1. The van der Waals surface area contributed by atoms with Gasteiger partial charge in [-0.3, -0.25) is 24.5 Å². The summed E-state index contributed by atoms with van der Waals surface area (Å²) in [5.74, 6) is -2.80. The molecule has 7 rings (SSSR count). The van der Waals surface area contributed by atoms with Gasteiger partial charge in [-0.2, -0.15) is 0 Å². The molecule has 0 amide bonds. The number of anilines is 1. The Morgan fingerprint density at radius 2 is 1.60 bits per heavy atom. The Bertz CT molecular complexity index is 1840. The summed E-state index contributed by atoms with van der Waals surface area (Å²) in [4.78, 5) is 56.9. The average molecular weight is 559 g/mol. The highest BCUT2D eigenvalue weighted by Crippen LogP contribution is 2.61. The van der Waals surface area contributed by atoms with E-state index in [-0.39, 0.29) is 22.6 Å². The van der Waals surface area contributed by atoms with Crippen LogP contribution >= 0.6 is 0 Å². The summed E-state index contributed by atoms with van der Waals surface area (Å²) < 4.78 is 14.4. The highest BCUT2D eigenvalue weighted by molar-refractivity contribution is 6.32. The van der Waals surface area contributed by atoms with Crippen molar-refractivity contribution in [1.29, 1.82) is 0 Å². The minimum atomic E-state index is -1.80. The predicted octanol–water partition coefficient (Wildman–Crippen LogP) is 6.36. The molecule has 2 heterocycles. The number of benzene rings is 4. The van der Waals surface area contributed by atoms with E-state index in [1.165, 1.54) is 30.3 Å². The van der Waals surface area contributed by atoms with Crippen LogP contribution in [0.3, 0.4) is 0 Å². The minimum Gasteiger partial charge on any atom is -0.352 e. The maximum Gasteiger partial charge on any atom is 0.269 e. The van der Waals surface area contributed by atoms with Crippen LogP contribution in [0.15, 0.2) is 97.1 Å². The summed E-state index contributed by atoms with van der Waals surface area (Å²) in [7, 11) is 0. The third kappa shape index (κ3) is 3.41. The number of nitro groups is 1. The third-order valence-electron chi connectivity index (χ3n) is 8.81. The molecule has 4 aromatic rings. The van der Waals surface area contributed by atoms with E-state index >= 15 is 0 Å². The molecule has 42 heavy (non-hydrogen) atoms. The van der Waals surface area contributed by atoms with Gasteiger partial charge in [0.2, 0.25) is 0 Å². The molecule has 1 fully saturated rings. The first-order chi connectivity index (χ1) is 20.2. The molecule has 1 spiro atoms. The lowest BCUT2D eigenvalue weighted by Crippen LogP contribution is -2.48. The van der Waals surface area contributed by atoms with E-state index in [4.69, 9.17) is 0 Å². The average Bonchev–Trinajstić information content (AvgIpc) is 3.43. The van der Waals surface area contributed by atoms with Crippen LogP contribution in [0.1, 0.15) is 53.7 Å². The maximum atomic E-state index is 14.6. The normalized spacial score (nSPS) is 21.3. The molecule has 0 bridgehead atoms. The van der Waals surface area contributed by atoms with E-state index in [0.717, 1.165) is 5.56 Å². The Kier molecular flexibility index (Phi) is 5.59. The van der Waals surface area contributed by atoms with Crippen LogP contribution in [0.2, 0.25) is 0 Å². The van der Waals surface area contributed by atoms with Gasteiger partial charge in [-0.05, 0) is 30.7 Å². The van der Waals surface area contributed by atoms with E-state index < -0.39 is 45.7 Å². The number of non-ortho nitro benzene ring substituents is 1. The van der Waals surface area contributed by atoms with Crippen molar-refractivity contribution >= 4 is 34.8 Å². The first-order valence-corrected chi connectivity index (χ1v) is 13.5. The van der Waals surface area contributed by atoms with Crippen molar-refractivity contribution in [3.63, 3.8) is 0 Å². The molecule has 0 saturated carbocycles. The molecule has 2 aliphatic heterocycles. The highest BCUT2D eigenvalue weighted by atomic mass is 19.1. The van der Waals surface area contributed by atoms with Crippen LogP contribution < -0.4 is 4.90 Å². The molecule has 1 aliphatic carbocycles. The number of halogens is 1. The second-order valence-corrected chi connectivity index (χ2v) is 11.0. The van der Waals surface area contributed by atoms with Gasteiger partial charge in [-0.1, -0.05) is 78.4 Å². The van der Waals surface area contributed by atoms with Gasteiger partial charge in [-0.25, -0.2) is 4.39 Å². The molecule has 7 nitrogen and oxygen atoms in total. The number of hydrogen-bond acceptors (Lipinski definition) is 6. The SMILES string of the molecule is Cc1ccc(C(=O)[C@@H]2[C@@H](c3cccc([N+](=O)[O-])c3)C3(C(=O)c4ccccc4C3=O)C3C=Cc4cc(F)ccc4N32)cc1. The van der Waals surface area contributed by atoms with Gasteiger partial charge in [0, 0.05) is 46.0 Å². The number of ketones is 3. The van der Waals surface area contributed by atoms with E-state index in [0.29, 0.717) is 22.4 Å². The largest absolute Gasteiger partial charge is 0.352 e. The number of hydrogen-bond donors (Lipinski definition) is 0. The molecule has 0 N–H and O–H groups in total. The molecule has 1 unspecified atom stereocenters. The molecule has 3 atom stereocenters. The lowest BCUT2D eigenvalue weighted by molar-refractivity contribution is -0.384. The fourth-order valence-electron chi connectivity index (χ4n) is 7.04. The molecular formula is C34H23FN2O5. The van der Waals surface area contributed by atoms with E-state index in [9.17, 15) is 28.9 Å². The Hall–Kier alpha value is -5.24. The maximum absolute atomic E-state index is 14.6. The number of nitro benzene ring substituents is 1. The topological polar surface area (TPSA) is 97.6 Å². The monoisotopic (exact) mass is 558 g/mol. The van der Waals surface area contributed by atoms with Crippen LogP contribution in [0.25, 0.3) is 6.08 Å². The summed E-state index contributed by atoms with van der Waals surface area (Å²) in [5.41, 5.74) is 1.12. The van der Waals surface area contributed by atoms with Crippen molar-refractivity contribution in [1.82, 2.24) is 0 Å². The second-order valence-electron chi connectivity index (χ2n) is 11.0. The van der Waals surface area contributed by atoms with Crippen LogP contribution in [-0.2, 0) is 0 Å². The summed E-state index contributed by atoms with van der Waals surface area (Å²) in [6.07, 6.45) is 3.37. The molecule has 0 aromatic heterocycles. The zero-order chi connectivity index (χ0) is 29.3. The number of rotatable bonds is 4. The van der Waals surface area contributed by atoms with Gasteiger partial charge in [0.1, 0.15) is 17.3 Å². The molecular weight excluding hydrogens is 535 g/mol. The van der Waals surface area contributed by atoms with Crippen molar-refractivity contribution in [3.05, 3.63) is 146 Å². The van der Waals surface area contributed by atoms with Gasteiger partial charge < -0.3 is 4.90 Å². The lowest BCUT2D eigenvalue weighted by Gasteiger charge is -2.37. The van der Waals surface area contributed by atoms with Crippen LogP contribution in [-0.4, -0.2) is 34.4 Å². The lowest BCUT2D eigenvalue weighted by atomic mass is 9.64. The second kappa shape index (κ2) is 9.14. The summed E-state index contributed by atoms with van der Waals surface area (Å²) >= 11 is 0. The highest BCUT2D eigenvalue weighted by Gasteiger charge is 2.71. The fraction of sp³-hybridized carbons (Fsp3) is 0.147. The Morgan fingerprint density at radius 1 is 0.905 bits per heavy atom. The van der Waals surface area contributed by atoms with Crippen molar-refractivity contribution in [2.24, 2.45) is 5.41 Å². The minimum absolute atomic E-state index is 0.220. The Balaban J connectivity index is 1.56. The van der Waals surface area contributed by atoms with Gasteiger partial charge >= 0.3 is 0 Å². The first-order valence-electron chi connectivity index (χ1n) is 13.5. The molecule has 4 aromatic carbocycles. The molecule has 3 aliphatic rings. The quantitative estimate of drug-likeness (QED) is 0.125. The number of Topliss-reactive ketones (excluding diaryl/α,β-unsaturated/α-hetero) is 3. The van der Waals surface area contributed by atoms with Gasteiger partial charge in [0.15, 0.2) is 17.3 Å². The number of carbonyl (C=O) groups is 3. The van der Waals surface area contributed by atoms with Crippen molar-refractivity contribution < 1.29 is 23.7 Å². The van der Waals surface area contributed by atoms with Gasteiger partial charge in [0.25, 0.3) is 5.69 Å². The summed E-state index contributed by atoms with van der Waals surface area (Å²) in [6, 6.07) is 21.5. The summed E-state index contributed by atoms with van der Waals surface area (Å²) in [5, 5.41) is 11.9. The van der Waals surface area contributed by atoms with E-state index in [1.54, 1.807) is 77.7 Å². The van der Waals surface area contributed by atoms with Gasteiger partial charge in [-0.15, -0.1) is 0 Å². The van der Waals surface area contributed by atoms with Crippen molar-refractivity contribution in [2.45, 2.75) is 24.9 Å². The number of carbonyl (C=O) groups excluding carboxylic acids is 3. The molecule has 8 heteroatoms. The van der Waals surface area contributed by atoms with Crippen LogP contribution in [0, 0.1) is 28.3 Å². The predicted molar refractivity (Wildman–Crippen MR) is 154 cm³/mol. The molecule has 206 valence electrons. The van der Waals surface area contributed by atoms with Gasteiger partial charge in [0.05, 0.1) is 11.0 Å². The van der Waals surface area contributed by atoms with Crippen LogP contribution in [0.5, 0.6) is 0 Å². The summed E-state index contributed by atoms with van der Waals surface area (Å²) in [6.45, 7) is 1.90. The Morgan fingerprint density at radius 3 is 2.26 bits per heavy atom. The first kappa shape index (κ1) is 25.7. The van der Waals surface area contributed by atoms with Crippen LogP contribution in [0.4, 0.5) is 15.8 Å².